The summed E-state index contributed by atoms with van der Waals surface area (Å²) in [5.74, 6) is 0.721. The lowest BCUT2D eigenvalue weighted by Crippen LogP contribution is -2.38. The first-order valence-electron chi connectivity index (χ1n) is 6.83. The third-order valence-corrected chi connectivity index (χ3v) is 2.93. The smallest absolute Gasteiger partial charge is 0.236 e. The third-order valence-electron chi connectivity index (χ3n) is 2.93. The molecule has 1 amide bonds. The molecule has 1 unspecified atom stereocenters. The van der Waals surface area contributed by atoms with Gasteiger partial charge in [0.15, 0.2) is 0 Å². The Hall–Kier alpha value is -1.59. The summed E-state index contributed by atoms with van der Waals surface area (Å²) in [7, 11) is 3.40. The fourth-order valence-corrected chi connectivity index (χ4v) is 1.58. The number of benzene rings is 1. The Labute approximate surface area is 120 Å². The largest absolute Gasteiger partial charge is 0.491 e. The average molecular weight is 280 g/mol. The van der Waals surface area contributed by atoms with Crippen LogP contribution in [0.15, 0.2) is 24.3 Å². The fourth-order valence-electron chi connectivity index (χ4n) is 1.58. The van der Waals surface area contributed by atoms with Gasteiger partial charge in [-0.2, -0.15) is 0 Å². The molecule has 0 aromatic heterocycles. The fraction of sp³-hybridized carbons (Fsp3) is 0.533. The average Bonchev–Trinajstić information content (AvgIpc) is 2.45. The zero-order chi connectivity index (χ0) is 15.0. The minimum absolute atomic E-state index is 0.0201. The van der Waals surface area contributed by atoms with Crippen LogP contribution in [0.4, 0.5) is 0 Å². The summed E-state index contributed by atoms with van der Waals surface area (Å²) in [5, 5.41) is 12.6. The van der Waals surface area contributed by atoms with Crippen molar-refractivity contribution in [2.24, 2.45) is 0 Å². The summed E-state index contributed by atoms with van der Waals surface area (Å²) < 4.78 is 5.49. The maximum Gasteiger partial charge on any atom is 0.236 e. The molecule has 2 N–H and O–H groups in total. The Morgan fingerprint density at radius 3 is 2.55 bits per heavy atom. The first-order valence-corrected chi connectivity index (χ1v) is 6.83. The summed E-state index contributed by atoms with van der Waals surface area (Å²) in [6, 6.07) is 7.81. The maximum atomic E-state index is 11.3. The molecular formula is C15H24N2O3. The number of carbonyl (C=O) groups excluding carboxylic acids is 1. The van der Waals surface area contributed by atoms with E-state index in [0.29, 0.717) is 6.54 Å². The molecule has 1 rings (SSSR count). The van der Waals surface area contributed by atoms with E-state index in [4.69, 9.17) is 4.74 Å². The van der Waals surface area contributed by atoms with E-state index in [0.717, 1.165) is 12.2 Å². The molecule has 1 aromatic carbocycles. The van der Waals surface area contributed by atoms with Crippen LogP contribution >= 0.6 is 0 Å². The summed E-state index contributed by atoms with van der Waals surface area (Å²) >= 11 is 0. The van der Waals surface area contributed by atoms with E-state index in [2.05, 4.69) is 12.2 Å². The van der Waals surface area contributed by atoms with Gasteiger partial charge in [-0.25, -0.2) is 0 Å². The first kappa shape index (κ1) is 16.5. The first-order chi connectivity index (χ1) is 9.52. The SMILES string of the molecule is CCc1ccc(OCC(O)CNCC(=O)N(C)C)cc1. The van der Waals surface area contributed by atoms with Gasteiger partial charge in [0.2, 0.25) is 5.91 Å². The van der Waals surface area contributed by atoms with E-state index in [1.165, 1.54) is 10.5 Å². The highest BCUT2D eigenvalue weighted by Crippen LogP contribution is 2.12. The minimum Gasteiger partial charge on any atom is -0.491 e. The van der Waals surface area contributed by atoms with E-state index in [1.54, 1.807) is 14.1 Å². The number of amides is 1. The summed E-state index contributed by atoms with van der Waals surface area (Å²) in [6.45, 7) is 2.84. The molecule has 0 heterocycles. The van der Waals surface area contributed by atoms with Gasteiger partial charge < -0.3 is 20.1 Å². The van der Waals surface area contributed by atoms with Crippen molar-refractivity contribution >= 4 is 5.91 Å². The predicted octanol–water partition coefficient (Wildman–Crippen LogP) is 0.666. The topological polar surface area (TPSA) is 61.8 Å². The molecule has 0 saturated carbocycles. The molecule has 0 radical (unpaired) electrons. The summed E-state index contributed by atoms with van der Waals surface area (Å²) in [5.41, 5.74) is 1.25. The van der Waals surface area contributed by atoms with Crippen LogP contribution in [0.1, 0.15) is 12.5 Å². The van der Waals surface area contributed by atoms with Crippen molar-refractivity contribution in [3.05, 3.63) is 29.8 Å². The molecule has 0 fully saturated rings. The molecule has 20 heavy (non-hydrogen) atoms. The van der Waals surface area contributed by atoms with E-state index < -0.39 is 6.10 Å². The second-order valence-corrected chi connectivity index (χ2v) is 4.88. The van der Waals surface area contributed by atoms with Crippen molar-refractivity contribution in [3.63, 3.8) is 0 Å². The molecular weight excluding hydrogens is 256 g/mol. The lowest BCUT2D eigenvalue weighted by atomic mass is 10.2. The maximum absolute atomic E-state index is 11.3. The van der Waals surface area contributed by atoms with Gasteiger partial charge in [-0.1, -0.05) is 19.1 Å². The number of aliphatic hydroxyl groups is 1. The molecule has 5 heteroatoms. The van der Waals surface area contributed by atoms with Gasteiger partial charge in [-0.3, -0.25) is 4.79 Å². The van der Waals surface area contributed by atoms with Gasteiger partial charge in [0.1, 0.15) is 18.5 Å². The van der Waals surface area contributed by atoms with Gasteiger partial charge in [0.05, 0.1) is 6.54 Å². The highest BCUT2D eigenvalue weighted by molar-refractivity contribution is 5.77. The Morgan fingerprint density at radius 2 is 2.00 bits per heavy atom. The quantitative estimate of drug-likeness (QED) is 0.734. The van der Waals surface area contributed by atoms with Crippen LogP contribution in [0, 0.1) is 0 Å². The number of aliphatic hydroxyl groups excluding tert-OH is 1. The number of ether oxygens (including phenoxy) is 1. The zero-order valence-electron chi connectivity index (χ0n) is 12.4. The number of likely N-dealkylation sites (N-methyl/N-ethyl adjacent to an activating group) is 1. The lowest BCUT2D eigenvalue weighted by Gasteiger charge is -2.15. The third kappa shape index (κ3) is 6.04. The van der Waals surface area contributed by atoms with Crippen LogP contribution in [0.2, 0.25) is 0 Å². The molecule has 0 saturated heterocycles. The van der Waals surface area contributed by atoms with Crippen molar-refractivity contribution in [2.75, 3.05) is 33.8 Å². The Morgan fingerprint density at radius 1 is 1.35 bits per heavy atom. The number of rotatable bonds is 8. The Balaban J connectivity index is 2.22. The van der Waals surface area contributed by atoms with Crippen LogP contribution in [-0.4, -0.2) is 55.8 Å². The van der Waals surface area contributed by atoms with Crippen molar-refractivity contribution in [1.82, 2.24) is 10.2 Å². The van der Waals surface area contributed by atoms with E-state index in [-0.39, 0.29) is 19.1 Å². The molecule has 112 valence electrons. The van der Waals surface area contributed by atoms with Crippen molar-refractivity contribution in [2.45, 2.75) is 19.4 Å². The number of hydrogen-bond acceptors (Lipinski definition) is 4. The number of carbonyl (C=O) groups is 1. The summed E-state index contributed by atoms with van der Waals surface area (Å²) in [6.07, 6.45) is 0.350. The molecule has 1 atom stereocenters. The van der Waals surface area contributed by atoms with E-state index >= 15 is 0 Å². The second kappa shape index (κ2) is 8.55. The van der Waals surface area contributed by atoms with Gasteiger partial charge >= 0.3 is 0 Å². The number of hydrogen-bond donors (Lipinski definition) is 2. The molecule has 5 nitrogen and oxygen atoms in total. The van der Waals surface area contributed by atoms with Crippen molar-refractivity contribution in [3.8, 4) is 5.75 Å². The van der Waals surface area contributed by atoms with Crippen LogP contribution in [-0.2, 0) is 11.2 Å². The number of nitrogens with one attached hydrogen (secondary N) is 1. The van der Waals surface area contributed by atoms with E-state index in [9.17, 15) is 9.90 Å². The molecule has 0 aliphatic heterocycles. The van der Waals surface area contributed by atoms with Gasteiger partial charge in [-0.05, 0) is 24.1 Å². The molecule has 0 bridgehead atoms. The zero-order valence-corrected chi connectivity index (χ0v) is 12.4. The highest BCUT2D eigenvalue weighted by Gasteiger charge is 2.07. The molecule has 0 aliphatic rings. The number of aryl methyl sites for hydroxylation is 1. The van der Waals surface area contributed by atoms with Gasteiger partial charge in [-0.15, -0.1) is 0 Å². The standard InChI is InChI=1S/C15H24N2O3/c1-4-12-5-7-14(8-6-12)20-11-13(18)9-16-10-15(19)17(2)3/h5-8,13,16,18H,4,9-11H2,1-3H3. The molecule has 0 aliphatic carbocycles. The number of nitrogens with zero attached hydrogens (tertiary/aromatic N) is 1. The minimum atomic E-state index is -0.643. The Bertz CT molecular complexity index is 404. The lowest BCUT2D eigenvalue weighted by molar-refractivity contribution is -0.127. The van der Waals surface area contributed by atoms with Gasteiger partial charge in [0.25, 0.3) is 0 Å². The van der Waals surface area contributed by atoms with Crippen molar-refractivity contribution < 1.29 is 14.6 Å². The second-order valence-electron chi connectivity index (χ2n) is 4.88. The predicted molar refractivity (Wildman–Crippen MR) is 78.9 cm³/mol. The normalized spacial score (nSPS) is 12.0. The van der Waals surface area contributed by atoms with E-state index in [1.807, 2.05) is 24.3 Å². The molecule has 0 spiro atoms. The van der Waals surface area contributed by atoms with Crippen LogP contribution in [0.3, 0.4) is 0 Å². The van der Waals surface area contributed by atoms with Crippen LogP contribution in [0.25, 0.3) is 0 Å². The van der Waals surface area contributed by atoms with Crippen LogP contribution < -0.4 is 10.1 Å². The van der Waals surface area contributed by atoms with Gasteiger partial charge in [0, 0.05) is 20.6 Å². The monoisotopic (exact) mass is 280 g/mol. The summed E-state index contributed by atoms with van der Waals surface area (Å²) in [4.78, 5) is 12.8. The highest BCUT2D eigenvalue weighted by atomic mass is 16.5. The Kier molecular flexibility index (Phi) is 7.04. The van der Waals surface area contributed by atoms with Crippen molar-refractivity contribution in [1.29, 1.82) is 0 Å². The van der Waals surface area contributed by atoms with Crippen LogP contribution in [0.5, 0.6) is 5.75 Å². The molecule has 1 aromatic rings.